The van der Waals surface area contributed by atoms with E-state index in [1.807, 2.05) is 0 Å². The molecule has 0 saturated heterocycles. The second-order valence-corrected chi connectivity index (χ2v) is 6.40. The Labute approximate surface area is 115 Å². The Bertz CT molecular complexity index is 180. The predicted molar refractivity (Wildman–Crippen MR) is 81.1 cm³/mol. The summed E-state index contributed by atoms with van der Waals surface area (Å²) in [6.45, 7) is 15.3. The fourth-order valence-corrected chi connectivity index (χ4v) is 2.43. The lowest BCUT2D eigenvalue weighted by atomic mass is 9.88. The Morgan fingerprint density at radius 1 is 1.06 bits per heavy atom. The van der Waals surface area contributed by atoms with Crippen molar-refractivity contribution in [2.24, 2.45) is 5.41 Å². The van der Waals surface area contributed by atoms with E-state index in [0.717, 1.165) is 13.2 Å². The molecule has 0 spiro atoms. The average molecular weight is 257 g/mol. The van der Waals surface area contributed by atoms with Crippen LogP contribution in [0.5, 0.6) is 0 Å². The Balaban J connectivity index is 4.23. The van der Waals surface area contributed by atoms with Crippen LogP contribution in [-0.2, 0) is 4.74 Å². The van der Waals surface area contributed by atoms with Crippen LogP contribution in [0.4, 0.5) is 0 Å². The molecular weight excluding hydrogens is 222 g/mol. The van der Waals surface area contributed by atoms with Crippen molar-refractivity contribution < 1.29 is 4.74 Å². The van der Waals surface area contributed by atoms with Gasteiger partial charge in [0, 0.05) is 12.6 Å². The zero-order valence-electron chi connectivity index (χ0n) is 13.5. The maximum absolute atomic E-state index is 5.92. The van der Waals surface area contributed by atoms with Gasteiger partial charge in [0.25, 0.3) is 0 Å². The molecule has 0 heterocycles. The van der Waals surface area contributed by atoms with Gasteiger partial charge in [0.1, 0.15) is 0 Å². The summed E-state index contributed by atoms with van der Waals surface area (Å²) in [7, 11) is 0. The number of likely N-dealkylation sites (N-methyl/N-ethyl adjacent to an activating group) is 1. The largest absolute Gasteiger partial charge is 0.377 e. The van der Waals surface area contributed by atoms with Crippen LogP contribution >= 0.6 is 0 Å². The first kappa shape index (κ1) is 17.9. The van der Waals surface area contributed by atoms with E-state index >= 15 is 0 Å². The molecule has 18 heavy (non-hydrogen) atoms. The van der Waals surface area contributed by atoms with E-state index in [-0.39, 0.29) is 0 Å². The van der Waals surface area contributed by atoms with Crippen LogP contribution < -0.4 is 5.32 Å². The molecule has 0 aromatic rings. The molecule has 2 heteroatoms. The van der Waals surface area contributed by atoms with Crippen molar-refractivity contribution in [3.63, 3.8) is 0 Å². The third-order valence-corrected chi connectivity index (χ3v) is 3.31. The van der Waals surface area contributed by atoms with Crippen LogP contribution in [0.2, 0.25) is 0 Å². The number of nitrogens with one attached hydrogen (secondary N) is 1. The molecule has 0 aromatic carbocycles. The summed E-state index contributed by atoms with van der Waals surface area (Å²) in [5.41, 5.74) is 0.447. The summed E-state index contributed by atoms with van der Waals surface area (Å²) in [5, 5.41) is 3.61. The van der Waals surface area contributed by atoms with Gasteiger partial charge in [-0.15, -0.1) is 0 Å². The highest BCUT2D eigenvalue weighted by atomic mass is 16.5. The molecular formula is C16H35NO. The van der Waals surface area contributed by atoms with Gasteiger partial charge in [0.15, 0.2) is 0 Å². The van der Waals surface area contributed by atoms with E-state index in [1.54, 1.807) is 0 Å². The third kappa shape index (κ3) is 8.93. The molecule has 0 bridgehead atoms. The van der Waals surface area contributed by atoms with E-state index < -0.39 is 0 Å². The lowest BCUT2D eigenvalue weighted by Crippen LogP contribution is -2.41. The van der Waals surface area contributed by atoms with Crippen LogP contribution in [-0.4, -0.2) is 25.3 Å². The predicted octanol–water partition coefficient (Wildman–Crippen LogP) is 4.39. The first-order valence-electron chi connectivity index (χ1n) is 7.79. The van der Waals surface area contributed by atoms with Gasteiger partial charge in [0.2, 0.25) is 0 Å². The molecule has 1 N–H and O–H groups in total. The van der Waals surface area contributed by atoms with Crippen molar-refractivity contribution >= 4 is 0 Å². The van der Waals surface area contributed by atoms with E-state index in [1.165, 1.54) is 32.1 Å². The second-order valence-electron chi connectivity index (χ2n) is 6.40. The standard InChI is InChI=1S/C16H35NO/c1-7-11-15(18-9-3)14(17-8-2)12-10-13-16(4,5)6/h14-15,17H,7-13H2,1-6H3. The normalized spacial score (nSPS) is 15.7. The third-order valence-electron chi connectivity index (χ3n) is 3.31. The van der Waals surface area contributed by atoms with Gasteiger partial charge in [-0.25, -0.2) is 0 Å². The topological polar surface area (TPSA) is 21.3 Å². The number of hydrogen-bond donors (Lipinski definition) is 1. The Morgan fingerprint density at radius 3 is 2.17 bits per heavy atom. The molecule has 0 aliphatic heterocycles. The average Bonchev–Trinajstić information content (AvgIpc) is 2.26. The molecule has 2 atom stereocenters. The summed E-state index contributed by atoms with van der Waals surface area (Å²) in [4.78, 5) is 0. The molecule has 2 nitrogen and oxygen atoms in total. The fraction of sp³-hybridized carbons (Fsp3) is 1.00. The monoisotopic (exact) mass is 257 g/mol. The lowest BCUT2D eigenvalue weighted by Gasteiger charge is -2.29. The quantitative estimate of drug-likeness (QED) is 0.627. The molecule has 0 aliphatic rings. The molecule has 0 fully saturated rings. The van der Waals surface area contributed by atoms with Gasteiger partial charge in [0.05, 0.1) is 6.10 Å². The molecule has 110 valence electrons. The van der Waals surface area contributed by atoms with Crippen molar-refractivity contribution in [3.05, 3.63) is 0 Å². The van der Waals surface area contributed by atoms with Gasteiger partial charge in [-0.1, -0.05) is 47.5 Å². The van der Waals surface area contributed by atoms with Crippen molar-refractivity contribution in [2.45, 2.75) is 85.8 Å². The Morgan fingerprint density at radius 2 is 1.72 bits per heavy atom. The van der Waals surface area contributed by atoms with E-state index in [2.05, 4.69) is 46.9 Å². The number of hydrogen-bond acceptors (Lipinski definition) is 2. The summed E-state index contributed by atoms with van der Waals surface area (Å²) in [6, 6.07) is 0.525. The summed E-state index contributed by atoms with van der Waals surface area (Å²) in [6.07, 6.45) is 6.57. The van der Waals surface area contributed by atoms with Gasteiger partial charge < -0.3 is 10.1 Å². The SMILES string of the molecule is CCCC(OCC)C(CCCC(C)(C)C)NCC. The lowest BCUT2D eigenvalue weighted by molar-refractivity contribution is 0.0251. The first-order chi connectivity index (χ1) is 8.44. The highest BCUT2D eigenvalue weighted by molar-refractivity contribution is 4.77. The van der Waals surface area contributed by atoms with Crippen LogP contribution in [0.15, 0.2) is 0 Å². The molecule has 0 amide bonds. The van der Waals surface area contributed by atoms with Gasteiger partial charge in [-0.2, -0.15) is 0 Å². The maximum atomic E-state index is 5.92. The summed E-state index contributed by atoms with van der Waals surface area (Å²) >= 11 is 0. The van der Waals surface area contributed by atoms with Crippen LogP contribution in [0, 0.1) is 5.41 Å². The molecule has 0 aliphatic carbocycles. The Kier molecular flexibility index (Phi) is 9.76. The Hall–Kier alpha value is -0.0800. The molecule has 2 unspecified atom stereocenters. The van der Waals surface area contributed by atoms with Crippen molar-refractivity contribution in [1.29, 1.82) is 0 Å². The zero-order valence-corrected chi connectivity index (χ0v) is 13.5. The number of ether oxygens (including phenoxy) is 1. The van der Waals surface area contributed by atoms with E-state index in [4.69, 9.17) is 4.74 Å². The van der Waals surface area contributed by atoms with Crippen molar-refractivity contribution in [1.82, 2.24) is 5.32 Å². The maximum Gasteiger partial charge on any atom is 0.0727 e. The molecule has 0 aromatic heterocycles. The van der Waals surface area contributed by atoms with Gasteiger partial charge >= 0.3 is 0 Å². The highest BCUT2D eigenvalue weighted by Crippen LogP contribution is 2.23. The van der Waals surface area contributed by atoms with Crippen LogP contribution in [0.1, 0.15) is 73.6 Å². The second kappa shape index (κ2) is 9.80. The first-order valence-corrected chi connectivity index (χ1v) is 7.79. The van der Waals surface area contributed by atoms with Gasteiger partial charge in [-0.05, 0) is 38.1 Å². The van der Waals surface area contributed by atoms with Gasteiger partial charge in [-0.3, -0.25) is 0 Å². The van der Waals surface area contributed by atoms with Crippen LogP contribution in [0.3, 0.4) is 0 Å². The fourth-order valence-electron chi connectivity index (χ4n) is 2.43. The summed E-state index contributed by atoms with van der Waals surface area (Å²) in [5.74, 6) is 0. The minimum Gasteiger partial charge on any atom is -0.377 e. The van der Waals surface area contributed by atoms with Crippen LogP contribution in [0.25, 0.3) is 0 Å². The zero-order chi connectivity index (χ0) is 14.0. The number of rotatable bonds is 10. The van der Waals surface area contributed by atoms with E-state index in [0.29, 0.717) is 17.6 Å². The highest BCUT2D eigenvalue weighted by Gasteiger charge is 2.21. The van der Waals surface area contributed by atoms with Crippen molar-refractivity contribution in [2.75, 3.05) is 13.2 Å². The summed E-state index contributed by atoms with van der Waals surface area (Å²) < 4.78 is 5.92. The van der Waals surface area contributed by atoms with Crippen molar-refractivity contribution in [3.8, 4) is 0 Å². The minimum atomic E-state index is 0.389. The minimum absolute atomic E-state index is 0.389. The molecule has 0 rings (SSSR count). The smallest absolute Gasteiger partial charge is 0.0727 e. The molecule has 0 radical (unpaired) electrons. The van der Waals surface area contributed by atoms with E-state index in [9.17, 15) is 0 Å². The molecule has 0 saturated carbocycles.